The first-order valence-electron chi connectivity index (χ1n) is 4.06. The summed E-state index contributed by atoms with van der Waals surface area (Å²) >= 11 is 0. The zero-order valence-corrected chi connectivity index (χ0v) is 8.01. The van der Waals surface area contributed by atoms with Crippen LogP contribution in [0.15, 0.2) is 0 Å². The fourth-order valence-corrected chi connectivity index (χ4v) is 2.01. The van der Waals surface area contributed by atoms with Gasteiger partial charge in [0.25, 0.3) is 5.71 Å². The molecule has 0 aromatic heterocycles. The van der Waals surface area contributed by atoms with E-state index in [-0.39, 0.29) is 5.41 Å². The van der Waals surface area contributed by atoms with Crippen LogP contribution >= 0.6 is 0 Å². The van der Waals surface area contributed by atoms with Crippen molar-refractivity contribution in [2.24, 2.45) is 5.41 Å². The maximum atomic E-state index is 11.5. The highest BCUT2D eigenvalue weighted by Crippen LogP contribution is 2.37. The van der Waals surface area contributed by atoms with Gasteiger partial charge in [-0.3, -0.25) is 0 Å². The van der Waals surface area contributed by atoms with Crippen molar-refractivity contribution in [3.05, 3.63) is 5.21 Å². The lowest BCUT2D eigenvalue weighted by Crippen LogP contribution is -2.28. The van der Waals surface area contributed by atoms with Gasteiger partial charge in [-0.2, -0.15) is 10.0 Å². The summed E-state index contributed by atoms with van der Waals surface area (Å²) < 4.78 is 0.854. The van der Waals surface area contributed by atoms with Crippen LogP contribution in [0.4, 0.5) is 0 Å². The predicted molar refractivity (Wildman–Crippen MR) is 46.7 cm³/mol. The largest absolute Gasteiger partial charge is 0.623 e. The topological polar surface area (TPSA) is 49.9 Å². The highest BCUT2D eigenvalue weighted by Gasteiger charge is 2.49. The first kappa shape index (κ1) is 9.05. The Balaban J connectivity index is 3.22. The smallest absolute Gasteiger partial charge is 0.271 e. The molecule has 0 saturated heterocycles. The summed E-state index contributed by atoms with van der Waals surface area (Å²) in [5.74, 6) is 0. The predicted octanol–water partition coefficient (Wildman–Crippen LogP) is 1.67. The number of nitrogens with zero attached hydrogens (tertiary/aromatic N) is 2. The van der Waals surface area contributed by atoms with E-state index in [0.29, 0.717) is 5.71 Å². The zero-order valence-electron chi connectivity index (χ0n) is 8.01. The van der Waals surface area contributed by atoms with Gasteiger partial charge in [0.2, 0.25) is 0 Å². The summed E-state index contributed by atoms with van der Waals surface area (Å²) in [5.41, 5.74) is -0.332. The van der Waals surface area contributed by atoms with E-state index in [4.69, 9.17) is 5.26 Å². The van der Waals surface area contributed by atoms with Gasteiger partial charge < -0.3 is 5.21 Å². The molecular formula is C9H14N2O. The number of hydroxylamine groups is 1. The van der Waals surface area contributed by atoms with Gasteiger partial charge in [-0.1, -0.05) is 0 Å². The Bertz CT molecular complexity index is 281. The molecule has 0 unspecified atom stereocenters. The Morgan fingerprint density at radius 3 is 2.08 bits per heavy atom. The van der Waals surface area contributed by atoms with Gasteiger partial charge in [-0.15, -0.1) is 0 Å². The number of hydrogen-bond donors (Lipinski definition) is 0. The molecule has 0 aromatic carbocycles. The van der Waals surface area contributed by atoms with Crippen LogP contribution in [0.5, 0.6) is 0 Å². The lowest BCUT2D eigenvalue weighted by Gasteiger charge is -2.18. The Kier molecular flexibility index (Phi) is 1.68. The van der Waals surface area contributed by atoms with E-state index in [1.54, 1.807) is 0 Å². The second-order valence-electron chi connectivity index (χ2n) is 4.63. The van der Waals surface area contributed by atoms with E-state index in [9.17, 15) is 5.21 Å². The monoisotopic (exact) mass is 166 g/mol. The zero-order chi connectivity index (χ0) is 9.57. The number of hydrogen-bond acceptors (Lipinski definition) is 2. The van der Waals surface area contributed by atoms with Gasteiger partial charge in [-0.25, -0.2) is 0 Å². The minimum absolute atomic E-state index is 0.264. The lowest BCUT2D eigenvalue weighted by atomic mass is 9.81. The molecule has 1 aliphatic heterocycles. The normalized spacial score (nSPS) is 25.6. The minimum Gasteiger partial charge on any atom is -0.623 e. The van der Waals surface area contributed by atoms with Gasteiger partial charge in [-0.05, 0) is 13.8 Å². The molecule has 1 heterocycles. The van der Waals surface area contributed by atoms with Crippen molar-refractivity contribution >= 4 is 5.71 Å². The van der Waals surface area contributed by atoms with Gasteiger partial charge in [0.05, 0.1) is 5.41 Å². The second-order valence-corrected chi connectivity index (χ2v) is 4.63. The first-order valence-corrected chi connectivity index (χ1v) is 4.06. The Labute approximate surface area is 72.9 Å². The molecule has 3 nitrogen and oxygen atoms in total. The van der Waals surface area contributed by atoms with Crippen molar-refractivity contribution in [2.45, 2.75) is 39.7 Å². The van der Waals surface area contributed by atoms with Crippen molar-refractivity contribution in [3.8, 4) is 6.07 Å². The molecule has 1 rings (SSSR count). The Morgan fingerprint density at radius 1 is 1.42 bits per heavy atom. The van der Waals surface area contributed by atoms with Gasteiger partial charge >= 0.3 is 0 Å². The van der Waals surface area contributed by atoms with E-state index in [1.807, 2.05) is 33.8 Å². The highest BCUT2D eigenvalue weighted by atomic mass is 16.5. The van der Waals surface area contributed by atoms with E-state index < -0.39 is 5.54 Å². The van der Waals surface area contributed by atoms with Crippen molar-refractivity contribution in [2.75, 3.05) is 0 Å². The summed E-state index contributed by atoms with van der Waals surface area (Å²) in [7, 11) is 0. The third-order valence-corrected chi connectivity index (χ3v) is 2.37. The molecule has 12 heavy (non-hydrogen) atoms. The van der Waals surface area contributed by atoms with Crippen LogP contribution in [0, 0.1) is 22.0 Å². The number of nitriles is 1. The molecule has 0 bridgehead atoms. The fourth-order valence-electron chi connectivity index (χ4n) is 2.01. The molecule has 0 atom stereocenters. The molecule has 0 aromatic rings. The fraction of sp³-hybridized carbons (Fsp3) is 0.778. The second kappa shape index (κ2) is 2.22. The van der Waals surface area contributed by atoms with Crippen molar-refractivity contribution in [1.82, 2.24) is 0 Å². The van der Waals surface area contributed by atoms with Crippen LogP contribution in [0.25, 0.3) is 0 Å². The van der Waals surface area contributed by atoms with Crippen LogP contribution < -0.4 is 0 Å². The van der Waals surface area contributed by atoms with Crippen molar-refractivity contribution in [3.63, 3.8) is 0 Å². The van der Waals surface area contributed by atoms with Gasteiger partial charge in [0.1, 0.15) is 0 Å². The SMILES string of the molecule is CC1(C)CC(C)(C)[N+]([O-])=C1C#N. The molecule has 0 saturated carbocycles. The average Bonchev–Trinajstić information content (AvgIpc) is 1.98. The molecular weight excluding hydrogens is 152 g/mol. The average molecular weight is 166 g/mol. The highest BCUT2D eigenvalue weighted by molar-refractivity contribution is 5.99. The third kappa shape index (κ3) is 1.08. The maximum Gasteiger partial charge on any atom is 0.271 e. The summed E-state index contributed by atoms with van der Waals surface area (Å²) in [6.07, 6.45) is 0.742. The van der Waals surface area contributed by atoms with Crippen LogP contribution in [0.2, 0.25) is 0 Å². The van der Waals surface area contributed by atoms with Gasteiger partial charge in [0.15, 0.2) is 11.6 Å². The molecule has 66 valence electrons. The third-order valence-electron chi connectivity index (χ3n) is 2.37. The van der Waals surface area contributed by atoms with E-state index >= 15 is 0 Å². The molecule has 1 aliphatic rings. The molecule has 0 amide bonds. The van der Waals surface area contributed by atoms with Crippen LogP contribution in [0.1, 0.15) is 34.1 Å². The summed E-state index contributed by atoms with van der Waals surface area (Å²) in [6.45, 7) is 7.61. The quantitative estimate of drug-likeness (QED) is 0.406. The molecule has 3 heteroatoms. The van der Waals surface area contributed by atoms with E-state index in [0.717, 1.165) is 11.2 Å². The number of rotatable bonds is 0. The van der Waals surface area contributed by atoms with Crippen molar-refractivity contribution < 1.29 is 4.74 Å². The molecule has 0 spiro atoms. The maximum absolute atomic E-state index is 11.5. The molecule has 0 radical (unpaired) electrons. The first-order chi connectivity index (χ1) is 5.31. The lowest BCUT2D eigenvalue weighted by molar-refractivity contribution is -0.530. The van der Waals surface area contributed by atoms with Crippen LogP contribution in [-0.2, 0) is 0 Å². The summed E-state index contributed by atoms with van der Waals surface area (Å²) in [4.78, 5) is 0. The van der Waals surface area contributed by atoms with Gasteiger partial charge in [0, 0.05) is 20.3 Å². The summed E-state index contributed by atoms with van der Waals surface area (Å²) in [5, 5.41) is 20.3. The van der Waals surface area contributed by atoms with Crippen molar-refractivity contribution in [1.29, 1.82) is 5.26 Å². The minimum atomic E-state index is -0.422. The molecule has 0 aliphatic carbocycles. The standard InChI is InChI=1S/C9H14N2O/c1-8(2)6-9(3,4)11(12)7(8)5-10/h6H2,1-4H3. The molecule has 0 N–H and O–H groups in total. The van der Waals surface area contributed by atoms with E-state index in [1.165, 1.54) is 0 Å². The van der Waals surface area contributed by atoms with Crippen LogP contribution in [0.3, 0.4) is 0 Å². The Hall–Kier alpha value is -1.04. The summed E-state index contributed by atoms with van der Waals surface area (Å²) in [6, 6.07) is 1.99. The molecule has 0 fully saturated rings. The van der Waals surface area contributed by atoms with E-state index in [2.05, 4.69) is 0 Å². The van der Waals surface area contributed by atoms with Crippen LogP contribution in [-0.4, -0.2) is 16.0 Å². The Morgan fingerprint density at radius 2 is 1.92 bits per heavy atom.